The zero-order chi connectivity index (χ0) is 17.1. The van der Waals surface area contributed by atoms with Crippen LogP contribution in [0.15, 0.2) is 40.8 Å². The van der Waals surface area contributed by atoms with Crippen LogP contribution < -0.4 is 4.74 Å². The lowest BCUT2D eigenvalue weighted by Crippen LogP contribution is -2.36. The predicted molar refractivity (Wildman–Crippen MR) is 89.6 cm³/mol. The Hall–Kier alpha value is -2.27. The molecular formula is C19H23NO4. The first-order chi connectivity index (χ1) is 11.5. The third-order valence-corrected chi connectivity index (χ3v) is 4.13. The Morgan fingerprint density at radius 3 is 2.79 bits per heavy atom. The number of aliphatic hydroxyl groups excluding tert-OH is 1. The SMILES string of the molecule is Cc1ccc(CN(C(=O)COc2cccc(C(C)O)c2)C2CC2)o1. The molecule has 5 nitrogen and oxygen atoms in total. The summed E-state index contributed by atoms with van der Waals surface area (Å²) in [4.78, 5) is 14.4. The first kappa shape index (κ1) is 16.6. The molecule has 1 unspecified atom stereocenters. The average Bonchev–Trinajstić information content (AvgIpc) is 3.33. The summed E-state index contributed by atoms with van der Waals surface area (Å²) in [5.41, 5.74) is 0.769. The van der Waals surface area contributed by atoms with Gasteiger partial charge in [0.15, 0.2) is 6.61 Å². The Morgan fingerprint density at radius 2 is 2.17 bits per heavy atom. The second-order valence-corrected chi connectivity index (χ2v) is 6.30. The molecule has 1 aromatic heterocycles. The van der Waals surface area contributed by atoms with Gasteiger partial charge in [-0.05, 0) is 56.5 Å². The van der Waals surface area contributed by atoms with E-state index in [1.54, 1.807) is 19.1 Å². The Labute approximate surface area is 141 Å². The molecular weight excluding hydrogens is 306 g/mol. The lowest BCUT2D eigenvalue weighted by atomic mass is 10.1. The fourth-order valence-corrected chi connectivity index (χ4v) is 2.64. The number of benzene rings is 1. The van der Waals surface area contributed by atoms with Crippen LogP contribution in [0.5, 0.6) is 5.75 Å². The van der Waals surface area contributed by atoms with E-state index < -0.39 is 6.10 Å². The summed E-state index contributed by atoms with van der Waals surface area (Å²) in [7, 11) is 0. The molecule has 1 saturated carbocycles. The zero-order valence-electron chi connectivity index (χ0n) is 14.1. The second-order valence-electron chi connectivity index (χ2n) is 6.30. The Bertz CT molecular complexity index is 703. The van der Waals surface area contributed by atoms with Gasteiger partial charge >= 0.3 is 0 Å². The van der Waals surface area contributed by atoms with Crippen molar-refractivity contribution in [1.29, 1.82) is 0 Å². The van der Waals surface area contributed by atoms with Crippen molar-refractivity contribution in [1.82, 2.24) is 4.90 Å². The summed E-state index contributed by atoms with van der Waals surface area (Å²) in [6, 6.07) is 11.3. The summed E-state index contributed by atoms with van der Waals surface area (Å²) in [6.07, 6.45) is 1.50. The van der Waals surface area contributed by atoms with Crippen LogP contribution in [0.2, 0.25) is 0 Å². The molecule has 0 saturated heterocycles. The molecule has 0 aliphatic heterocycles. The highest BCUT2D eigenvalue weighted by atomic mass is 16.5. The maximum atomic E-state index is 12.5. The van der Waals surface area contributed by atoms with E-state index >= 15 is 0 Å². The normalized spacial score (nSPS) is 15.1. The van der Waals surface area contributed by atoms with E-state index in [0.29, 0.717) is 12.3 Å². The van der Waals surface area contributed by atoms with Gasteiger partial charge in [-0.25, -0.2) is 0 Å². The van der Waals surface area contributed by atoms with Crippen LogP contribution >= 0.6 is 0 Å². The number of hydrogen-bond acceptors (Lipinski definition) is 4. The molecule has 1 aromatic carbocycles. The number of furan rings is 1. The van der Waals surface area contributed by atoms with Crippen molar-refractivity contribution in [3.63, 3.8) is 0 Å². The molecule has 2 aromatic rings. The smallest absolute Gasteiger partial charge is 0.261 e. The summed E-state index contributed by atoms with van der Waals surface area (Å²) in [5, 5.41) is 9.62. The fraction of sp³-hybridized carbons (Fsp3) is 0.421. The van der Waals surface area contributed by atoms with Gasteiger partial charge in [0.05, 0.1) is 12.6 Å². The van der Waals surface area contributed by atoms with Gasteiger partial charge in [0.1, 0.15) is 17.3 Å². The molecule has 1 N–H and O–H groups in total. The number of rotatable bonds is 7. The van der Waals surface area contributed by atoms with Crippen molar-refractivity contribution in [2.75, 3.05) is 6.61 Å². The van der Waals surface area contributed by atoms with E-state index in [2.05, 4.69) is 0 Å². The van der Waals surface area contributed by atoms with Crippen molar-refractivity contribution >= 4 is 5.91 Å². The van der Waals surface area contributed by atoms with Crippen molar-refractivity contribution in [3.8, 4) is 5.75 Å². The van der Waals surface area contributed by atoms with E-state index in [9.17, 15) is 9.90 Å². The van der Waals surface area contributed by atoms with Gasteiger partial charge in [-0.1, -0.05) is 12.1 Å². The zero-order valence-corrected chi connectivity index (χ0v) is 14.1. The molecule has 1 fully saturated rings. The quantitative estimate of drug-likeness (QED) is 0.847. The largest absolute Gasteiger partial charge is 0.484 e. The fourth-order valence-electron chi connectivity index (χ4n) is 2.64. The van der Waals surface area contributed by atoms with Crippen LogP contribution in [-0.4, -0.2) is 28.6 Å². The number of ether oxygens (including phenoxy) is 1. The minimum Gasteiger partial charge on any atom is -0.484 e. The van der Waals surface area contributed by atoms with Crippen molar-refractivity contribution in [2.45, 2.75) is 45.4 Å². The van der Waals surface area contributed by atoms with Gasteiger partial charge in [-0.3, -0.25) is 4.79 Å². The third-order valence-electron chi connectivity index (χ3n) is 4.13. The number of carbonyl (C=O) groups is 1. The summed E-state index contributed by atoms with van der Waals surface area (Å²) < 4.78 is 11.2. The van der Waals surface area contributed by atoms with Gasteiger partial charge in [0.25, 0.3) is 5.91 Å². The number of nitrogens with zero attached hydrogens (tertiary/aromatic N) is 1. The van der Waals surface area contributed by atoms with Gasteiger partial charge in [0, 0.05) is 6.04 Å². The van der Waals surface area contributed by atoms with Crippen molar-refractivity contribution in [3.05, 3.63) is 53.5 Å². The first-order valence-electron chi connectivity index (χ1n) is 8.28. The van der Waals surface area contributed by atoms with Crippen LogP contribution in [0.4, 0.5) is 0 Å². The maximum Gasteiger partial charge on any atom is 0.261 e. The Balaban J connectivity index is 1.60. The average molecular weight is 329 g/mol. The molecule has 5 heteroatoms. The summed E-state index contributed by atoms with van der Waals surface area (Å²) in [5.74, 6) is 2.18. The molecule has 1 aliphatic rings. The first-order valence-corrected chi connectivity index (χ1v) is 8.28. The van der Waals surface area contributed by atoms with Gasteiger partial charge in [-0.2, -0.15) is 0 Å². The molecule has 0 bridgehead atoms. The van der Waals surface area contributed by atoms with Crippen LogP contribution in [0.1, 0.15) is 43.0 Å². The van der Waals surface area contributed by atoms with Crippen LogP contribution in [0.3, 0.4) is 0 Å². The standard InChI is InChI=1S/C19H23NO4/c1-13-6-9-18(24-13)11-20(16-7-8-16)19(22)12-23-17-5-3-4-15(10-17)14(2)21/h3-6,9-10,14,16,21H,7-8,11-12H2,1-2H3. The highest BCUT2D eigenvalue weighted by Crippen LogP contribution is 2.29. The molecule has 0 radical (unpaired) electrons. The van der Waals surface area contributed by atoms with Crippen molar-refractivity contribution < 1.29 is 19.1 Å². The summed E-state index contributed by atoms with van der Waals surface area (Å²) >= 11 is 0. The van der Waals surface area contributed by atoms with Crippen LogP contribution in [0, 0.1) is 6.92 Å². The highest BCUT2D eigenvalue weighted by molar-refractivity contribution is 5.78. The molecule has 1 heterocycles. The molecule has 1 aliphatic carbocycles. The Kier molecular flexibility index (Phi) is 4.90. The minimum atomic E-state index is -0.561. The Morgan fingerprint density at radius 1 is 1.38 bits per heavy atom. The number of aryl methyl sites for hydroxylation is 1. The number of carbonyl (C=O) groups excluding carboxylic acids is 1. The number of aliphatic hydroxyl groups is 1. The van der Waals surface area contributed by atoms with E-state index in [0.717, 1.165) is 29.9 Å². The maximum absolute atomic E-state index is 12.5. The van der Waals surface area contributed by atoms with E-state index in [1.165, 1.54) is 0 Å². The molecule has 1 atom stereocenters. The lowest BCUT2D eigenvalue weighted by Gasteiger charge is -2.21. The topological polar surface area (TPSA) is 62.9 Å². The molecule has 24 heavy (non-hydrogen) atoms. The van der Waals surface area contributed by atoms with Crippen LogP contribution in [-0.2, 0) is 11.3 Å². The molecule has 128 valence electrons. The molecule has 3 rings (SSSR count). The number of amides is 1. The highest BCUT2D eigenvalue weighted by Gasteiger charge is 2.33. The van der Waals surface area contributed by atoms with Crippen molar-refractivity contribution in [2.24, 2.45) is 0 Å². The van der Waals surface area contributed by atoms with Crippen LogP contribution in [0.25, 0.3) is 0 Å². The third kappa shape index (κ3) is 4.17. The number of hydrogen-bond donors (Lipinski definition) is 1. The minimum absolute atomic E-state index is 0.0144. The second kappa shape index (κ2) is 7.09. The molecule has 1 amide bonds. The van der Waals surface area contributed by atoms with E-state index in [4.69, 9.17) is 9.15 Å². The van der Waals surface area contributed by atoms with E-state index in [-0.39, 0.29) is 18.6 Å². The van der Waals surface area contributed by atoms with E-state index in [1.807, 2.05) is 36.1 Å². The lowest BCUT2D eigenvalue weighted by molar-refractivity contribution is -0.134. The van der Waals surface area contributed by atoms with Gasteiger partial charge in [0.2, 0.25) is 0 Å². The molecule has 0 spiro atoms. The van der Waals surface area contributed by atoms with Gasteiger partial charge in [-0.15, -0.1) is 0 Å². The van der Waals surface area contributed by atoms with Gasteiger partial charge < -0.3 is 19.2 Å². The summed E-state index contributed by atoms with van der Waals surface area (Å²) in [6.45, 7) is 4.06. The predicted octanol–water partition coefficient (Wildman–Crippen LogP) is 3.21. The monoisotopic (exact) mass is 329 g/mol.